The van der Waals surface area contributed by atoms with Crippen molar-refractivity contribution in [1.82, 2.24) is 9.88 Å². The molecule has 3 heterocycles. The third-order valence-corrected chi connectivity index (χ3v) is 5.13. The Morgan fingerprint density at radius 1 is 1.20 bits per heavy atom. The first-order valence-electron chi connectivity index (χ1n) is 8.79. The summed E-state index contributed by atoms with van der Waals surface area (Å²) in [4.78, 5) is 20.8. The highest BCUT2D eigenvalue weighted by molar-refractivity contribution is 5.80. The molecule has 0 radical (unpaired) electrons. The van der Waals surface area contributed by atoms with Gasteiger partial charge in [0.05, 0.1) is 5.92 Å². The molecule has 1 aromatic carbocycles. The number of benzene rings is 1. The van der Waals surface area contributed by atoms with Crippen molar-refractivity contribution in [2.24, 2.45) is 5.92 Å². The van der Waals surface area contributed by atoms with Crippen molar-refractivity contribution in [3.8, 4) is 0 Å². The number of para-hydroxylation sites is 2. The maximum absolute atomic E-state index is 13.3. The van der Waals surface area contributed by atoms with E-state index in [4.69, 9.17) is 4.42 Å². The number of amides is 1. The minimum Gasteiger partial charge on any atom is -0.423 e. The first kappa shape index (κ1) is 16.3. The highest BCUT2D eigenvalue weighted by Gasteiger charge is 2.38. The summed E-state index contributed by atoms with van der Waals surface area (Å²) in [6, 6.07) is 8.09. The molecule has 25 heavy (non-hydrogen) atoms. The van der Waals surface area contributed by atoms with E-state index in [-0.39, 0.29) is 37.8 Å². The van der Waals surface area contributed by atoms with Crippen LogP contribution in [0.3, 0.4) is 0 Å². The number of carbonyl (C=O) groups is 1. The van der Waals surface area contributed by atoms with Gasteiger partial charge in [-0.2, -0.15) is 4.98 Å². The van der Waals surface area contributed by atoms with E-state index in [2.05, 4.69) is 4.98 Å². The number of likely N-dealkylation sites (tertiary alicyclic amines) is 1. The lowest BCUT2D eigenvalue weighted by Gasteiger charge is -2.37. The first-order chi connectivity index (χ1) is 12.0. The van der Waals surface area contributed by atoms with Gasteiger partial charge in [0, 0.05) is 39.0 Å². The summed E-state index contributed by atoms with van der Waals surface area (Å²) in [6.07, 6.45) is 1.17. The molecule has 2 fully saturated rings. The zero-order valence-corrected chi connectivity index (χ0v) is 14.0. The number of oxazole rings is 1. The molecule has 2 aromatic rings. The van der Waals surface area contributed by atoms with E-state index < -0.39 is 5.92 Å². The number of aromatic nitrogens is 1. The van der Waals surface area contributed by atoms with Crippen molar-refractivity contribution in [2.45, 2.75) is 31.6 Å². The summed E-state index contributed by atoms with van der Waals surface area (Å²) in [5.41, 5.74) is 1.52. The fraction of sp³-hybridized carbons (Fsp3) is 0.556. The van der Waals surface area contributed by atoms with Gasteiger partial charge in [-0.1, -0.05) is 12.1 Å². The number of hydrogen-bond acceptors (Lipinski definition) is 4. The number of hydrogen-bond donors (Lipinski definition) is 0. The van der Waals surface area contributed by atoms with Crippen LogP contribution < -0.4 is 4.90 Å². The van der Waals surface area contributed by atoms with E-state index in [1.54, 1.807) is 4.90 Å². The standard InChI is InChI=1S/C18H21F2N3O2/c19-18(20)7-10-22(11-8-18)16(24)13-4-3-9-23(12-13)17-21-14-5-1-2-6-15(14)25-17/h1-2,5-6,13H,3-4,7-12H2. The molecule has 0 bridgehead atoms. The molecule has 0 N–H and O–H groups in total. The minimum absolute atomic E-state index is 0.0173. The minimum atomic E-state index is -2.63. The van der Waals surface area contributed by atoms with Crippen LogP contribution in [0, 0.1) is 5.92 Å². The maximum atomic E-state index is 13.3. The quantitative estimate of drug-likeness (QED) is 0.835. The highest BCUT2D eigenvalue weighted by atomic mass is 19.3. The van der Waals surface area contributed by atoms with Crippen LogP contribution in [-0.4, -0.2) is 47.9 Å². The molecular formula is C18H21F2N3O2. The predicted molar refractivity (Wildman–Crippen MR) is 89.7 cm³/mol. The van der Waals surface area contributed by atoms with E-state index in [1.165, 1.54) is 0 Å². The van der Waals surface area contributed by atoms with Crippen LogP contribution in [0.5, 0.6) is 0 Å². The van der Waals surface area contributed by atoms with E-state index in [1.807, 2.05) is 29.2 Å². The number of halogens is 2. The van der Waals surface area contributed by atoms with Crippen LogP contribution >= 0.6 is 0 Å². The van der Waals surface area contributed by atoms with Gasteiger partial charge in [-0.05, 0) is 25.0 Å². The summed E-state index contributed by atoms with van der Waals surface area (Å²) in [6.45, 7) is 1.60. The molecule has 134 valence electrons. The number of nitrogens with zero attached hydrogens (tertiary/aromatic N) is 3. The van der Waals surface area contributed by atoms with Crippen LogP contribution in [0.4, 0.5) is 14.8 Å². The van der Waals surface area contributed by atoms with Gasteiger partial charge >= 0.3 is 0 Å². The summed E-state index contributed by atoms with van der Waals surface area (Å²) >= 11 is 0. The number of rotatable bonds is 2. The van der Waals surface area contributed by atoms with Gasteiger partial charge < -0.3 is 14.2 Å². The van der Waals surface area contributed by atoms with Gasteiger partial charge in [0.2, 0.25) is 5.91 Å². The molecular weight excluding hydrogens is 328 g/mol. The zero-order chi connectivity index (χ0) is 17.4. The van der Waals surface area contributed by atoms with Crippen LogP contribution in [-0.2, 0) is 4.79 Å². The lowest BCUT2D eigenvalue weighted by Crippen LogP contribution is -2.49. The Hall–Kier alpha value is -2.18. The molecule has 0 saturated carbocycles. The van der Waals surface area contributed by atoms with Gasteiger partial charge in [-0.25, -0.2) is 8.78 Å². The molecule has 1 amide bonds. The van der Waals surface area contributed by atoms with Gasteiger partial charge in [-0.3, -0.25) is 4.79 Å². The Kier molecular flexibility index (Phi) is 4.09. The summed E-state index contributed by atoms with van der Waals surface area (Å²) in [5.74, 6) is -2.83. The SMILES string of the molecule is O=C(C1CCCN(c2nc3ccccc3o2)C1)N1CCC(F)(F)CC1. The number of anilines is 1. The first-order valence-corrected chi connectivity index (χ1v) is 8.79. The number of piperidine rings is 2. The van der Waals surface area contributed by atoms with Crippen molar-refractivity contribution in [3.63, 3.8) is 0 Å². The van der Waals surface area contributed by atoms with Crippen molar-refractivity contribution >= 4 is 23.0 Å². The molecule has 1 atom stereocenters. The van der Waals surface area contributed by atoms with Gasteiger partial charge in [0.1, 0.15) is 5.52 Å². The van der Waals surface area contributed by atoms with Gasteiger partial charge in [0.25, 0.3) is 11.9 Å². The van der Waals surface area contributed by atoms with Crippen LogP contribution in [0.25, 0.3) is 11.1 Å². The Balaban J connectivity index is 1.44. The van der Waals surface area contributed by atoms with Crippen molar-refractivity contribution < 1.29 is 18.0 Å². The second-order valence-corrected chi connectivity index (χ2v) is 6.93. The van der Waals surface area contributed by atoms with Gasteiger partial charge in [0.15, 0.2) is 5.58 Å². The summed E-state index contributed by atoms with van der Waals surface area (Å²) in [5, 5.41) is 0. The van der Waals surface area contributed by atoms with E-state index in [9.17, 15) is 13.6 Å². The average molecular weight is 349 g/mol. The van der Waals surface area contributed by atoms with Crippen molar-refractivity contribution in [3.05, 3.63) is 24.3 Å². The third kappa shape index (κ3) is 3.32. The van der Waals surface area contributed by atoms with Crippen molar-refractivity contribution in [2.75, 3.05) is 31.1 Å². The average Bonchev–Trinajstić information content (AvgIpc) is 3.05. The molecule has 7 heteroatoms. The van der Waals surface area contributed by atoms with Crippen LogP contribution in [0.15, 0.2) is 28.7 Å². The van der Waals surface area contributed by atoms with Gasteiger partial charge in [-0.15, -0.1) is 0 Å². The Labute approximate surface area is 144 Å². The lowest BCUT2D eigenvalue weighted by molar-refractivity contribution is -0.141. The smallest absolute Gasteiger partial charge is 0.298 e. The summed E-state index contributed by atoms with van der Waals surface area (Å²) in [7, 11) is 0. The van der Waals surface area contributed by atoms with E-state index in [0.717, 1.165) is 30.5 Å². The molecule has 5 nitrogen and oxygen atoms in total. The molecule has 2 aliphatic rings. The number of carbonyl (C=O) groups excluding carboxylic acids is 1. The second-order valence-electron chi connectivity index (χ2n) is 6.93. The van der Waals surface area contributed by atoms with Crippen LogP contribution in [0.2, 0.25) is 0 Å². The Morgan fingerprint density at radius 2 is 1.96 bits per heavy atom. The third-order valence-electron chi connectivity index (χ3n) is 5.13. The molecule has 0 spiro atoms. The lowest BCUT2D eigenvalue weighted by atomic mass is 9.95. The predicted octanol–water partition coefficient (Wildman–Crippen LogP) is 3.30. The molecule has 2 saturated heterocycles. The van der Waals surface area contributed by atoms with Crippen LogP contribution in [0.1, 0.15) is 25.7 Å². The molecule has 1 aromatic heterocycles. The monoisotopic (exact) mass is 349 g/mol. The maximum Gasteiger partial charge on any atom is 0.298 e. The zero-order valence-electron chi connectivity index (χ0n) is 14.0. The fourth-order valence-corrected chi connectivity index (χ4v) is 3.66. The van der Waals surface area contributed by atoms with E-state index in [0.29, 0.717) is 12.6 Å². The molecule has 4 rings (SSSR count). The Bertz CT molecular complexity index is 734. The topological polar surface area (TPSA) is 49.6 Å². The molecule has 0 aliphatic carbocycles. The summed E-state index contributed by atoms with van der Waals surface area (Å²) < 4.78 is 32.4. The Morgan fingerprint density at radius 3 is 2.72 bits per heavy atom. The number of alkyl halides is 2. The molecule has 2 aliphatic heterocycles. The fourth-order valence-electron chi connectivity index (χ4n) is 3.66. The van der Waals surface area contributed by atoms with E-state index >= 15 is 0 Å². The number of fused-ring (bicyclic) bond motifs is 1. The second kappa shape index (κ2) is 6.28. The van der Waals surface area contributed by atoms with Crippen molar-refractivity contribution in [1.29, 1.82) is 0 Å². The normalized spacial score (nSPS) is 23.8. The molecule has 1 unspecified atom stereocenters. The highest BCUT2D eigenvalue weighted by Crippen LogP contribution is 2.31. The largest absolute Gasteiger partial charge is 0.423 e.